The van der Waals surface area contributed by atoms with E-state index in [1.807, 2.05) is 4.90 Å². The maximum Gasteiger partial charge on any atom is 0.221 e. The molecule has 0 saturated carbocycles. The number of aliphatic imine (C=N–C) groups is 1. The van der Waals surface area contributed by atoms with E-state index in [0.29, 0.717) is 5.41 Å². The van der Waals surface area contributed by atoms with Crippen molar-refractivity contribution in [2.24, 2.45) is 21.9 Å². The first kappa shape index (κ1) is 10.8. The van der Waals surface area contributed by atoms with Crippen molar-refractivity contribution in [1.82, 2.24) is 4.90 Å². The molecule has 0 spiro atoms. The third-order valence-electron chi connectivity index (χ3n) is 3.09. The number of likely N-dealkylation sites (tertiary alicyclic amines) is 1. The molecular weight excluding hydrogens is 178 g/mol. The summed E-state index contributed by atoms with van der Waals surface area (Å²) in [7, 11) is 0. The minimum atomic E-state index is -0.0412. The Labute approximate surface area is 84.7 Å². The molecule has 0 aliphatic carbocycles. The van der Waals surface area contributed by atoms with Gasteiger partial charge in [-0.1, -0.05) is 13.8 Å². The van der Waals surface area contributed by atoms with Crippen molar-refractivity contribution in [3.8, 4) is 0 Å². The first-order valence-electron chi connectivity index (χ1n) is 4.96. The number of hydrogen-bond acceptors (Lipinski definition) is 1. The Morgan fingerprint density at radius 2 is 1.86 bits per heavy atom. The van der Waals surface area contributed by atoms with Gasteiger partial charge in [0.25, 0.3) is 0 Å². The highest BCUT2D eigenvalue weighted by molar-refractivity contribution is 5.92. The summed E-state index contributed by atoms with van der Waals surface area (Å²) in [5.41, 5.74) is 10.8. The fourth-order valence-electron chi connectivity index (χ4n) is 1.80. The summed E-state index contributed by atoms with van der Waals surface area (Å²) in [4.78, 5) is 5.61. The minimum Gasteiger partial charge on any atom is -0.370 e. The molecule has 5 heteroatoms. The fraction of sp³-hybridized carbons (Fsp3) is 0.778. The van der Waals surface area contributed by atoms with Gasteiger partial charge in [-0.2, -0.15) is 4.99 Å². The molecule has 1 fully saturated rings. The molecule has 1 aliphatic rings. The monoisotopic (exact) mass is 197 g/mol. The van der Waals surface area contributed by atoms with Crippen LogP contribution in [-0.4, -0.2) is 29.9 Å². The highest BCUT2D eigenvalue weighted by Gasteiger charge is 2.40. The molecule has 0 atom stereocenters. The molecule has 0 bridgehead atoms. The van der Waals surface area contributed by atoms with E-state index in [-0.39, 0.29) is 11.9 Å². The normalized spacial score (nSPS) is 18.6. The largest absolute Gasteiger partial charge is 0.370 e. The van der Waals surface area contributed by atoms with Crippen molar-refractivity contribution >= 4 is 11.9 Å². The SMILES string of the molecule is CCC1(CC)CN(C(=N)N=C(N)N)C1. The molecule has 5 N–H and O–H groups in total. The van der Waals surface area contributed by atoms with Crippen molar-refractivity contribution < 1.29 is 0 Å². The van der Waals surface area contributed by atoms with Gasteiger partial charge >= 0.3 is 0 Å². The van der Waals surface area contributed by atoms with E-state index in [1.54, 1.807) is 0 Å². The van der Waals surface area contributed by atoms with Gasteiger partial charge < -0.3 is 16.4 Å². The molecule has 14 heavy (non-hydrogen) atoms. The highest BCUT2D eigenvalue weighted by atomic mass is 15.3. The van der Waals surface area contributed by atoms with E-state index in [1.165, 1.54) is 0 Å². The van der Waals surface area contributed by atoms with Crippen molar-refractivity contribution in [3.05, 3.63) is 0 Å². The van der Waals surface area contributed by atoms with Crippen LogP contribution in [0.2, 0.25) is 0 Å². The predicted octanol–water partition coefficient (Wildman–Crippen LogP) is 0.317. The average molecular weight is 197 g/mol. The summed E-state index contributed by atoms with van der Waals surface area (Å²) in [5, 5.41) is 7.58. The van der Waals surface area contributed by atoms with E-state index in [0.717, 1.165) is 25.9 Å². The molecule has 80 valence electrons. The van der Waals surface area contributed by atoms with Crippen LogP contribution in [0.5, 0.6) is 0 Å². The number of guanidine groups is 2. The Morgan fingerprint density at radius 1 is 1.36 bits per heavy atom. The second kappa shape index (κ2) is 3.86. The quantitative estimate of drug-likeness (QED) is 0.439. The Kier molecular flexibility index (Phi) is 2.98. The molecule has 5 nitrogen and oxygen atoms in total. The van der Waals surface area contributed by atoms with Crippen LogP contribution < -0.4 is 11.5 Å². The van der Waals surface area contributed by atoms with Crippen molar-refractivity contribution in [2.75, 3.05) is 13.1 Å². The Balaban J connectivity index is 2.48. The van der Waals surface area contributed by atoms with E-state index < -0.39 is 0 Å². The van der Waals surface area contributed by atoms with Crippen LogP contribution >= 0.6 is 0 Å². The fourth-order valence-corrected chi connectivity index (χ4v) is 1.80. The summed E-state index contributed by atoms with van der Waals surface area (Å²) in [6.45, 7) is 6.17. The van der Waals surface area contributed by atoms with E-state index >= 15 is 0 Å². The number of nitrogens with one attached hydrogen (secondary N) is 1. The molecule has 1 saturated heterocycles. The van der Waals surface area contributed by atoms with Crippen LogP contribution in [0.4, 0.5) is 0 Å². The molecule has 1 aliphatic heterocycles. The summed E-state index contributed by atoms with van der Waals surface area (Å²) < 4.78 is 0. The molecule has 0 unspecified atom stereocenters. The zero-order valence-corrected chi connectivity index (χ0v) is 8.88. The van der Waals surface area contributed by atoms with Gasteiger partial charge in [-0.25, -0.2) is 0 Å². The van der Waals surface area contributed by atoms with Gasteiger partial charge in [-0.3, -0.25) is 5.41 Å². The van der Waals surface area contributed by atoms with Gasteiger partial charge in [-0.15, -0.1) is 0 Å². The van der Waals surface area contributed by atoms with Crippen LogP contribution in [0.3, 0.4) is 0 Å². The maximum absolute atomic E-state index is 7.58. The van der Waals surface area contributed by atoms with Gasteiger partial charge in [0.1, 0.15) is 0 Å². The standard InChI is InChI=1S/C9H19N5/c1-3-9(4-2)5-14(6-9)8(12)13-7(10)11/h3-6H2,1-2H3,(H5,10,11,12,13). The van der Waals surface area contributed by atoms with Crippen LogP contribution in [-0.2, 0) is 0 Å². The Morgan fingerprint density at radius 3 is 2.21 bits per heavy atom. The number of hydrogen-bond donors (Lipinski definition) is 3. The molecule has 0 radical (unpaired) electrons. The molecular formula is C9H19N5. The van der Waals surface area contributed by atoms with Gasteiger partial charge in [-0.05, 0) is 12.8 Å². The third kappa shape index (κ3) is 1.97. The smallest absolute Gasteiger partial charge is 0.221 e. The van der Waals surface area contributed by atoms with Crippen molar-refractivity contribution in [1.29, 1.82) is 5.41 Å². The third-order valence-corrected chi connectivity index (χ3v) is 3.09. The lowest BCUT2D eigenvalue weighted by Crippen LogP contribution is -2.57. The lowest BCUT2D eigenvalue weighted by atomic mass is 9.75. The second-order valence-electron chi connectivity index (χ2n) is 3.92. The molecule has 1 rings (SSSR count). The molecule has 1 heterocycles. The second-order valence-corrected chi connectivity index (χ2v) is 3.92. The predicted molar refractivity (Wildman–Crippen MR) is 58.1 cm³/mol. The van der Waals surface area contributed by atoms with Crippen LogP contribution in [0, 0.1) is 10.8 Å². The number of rotatable bonds is 2. The summed E-state index contributed by atoms with van der Waals surface area (Å²) >= 11 is 0. The van der Waals surface area contributed by atoms with Crippen LogP contribution in [0.25, 0.3) is 0 Å². The molecule has 0 aromatic heterocycles. The van der Waals surface area contributed by atoms with Gasteiger partial charge in [0.2, 0.25) is 5.96 Å². The number of nitrogens with two attached hydrogens (primary N) is 2. The minimum absolute atomic E-state index is 0.0412. The first-order chi connectivity index (χ1) is 6.53. The Bertz CT molecular complexity index is 242. The van der Waals surface area contributed by atoms with Crippen molar-refractivity contribution in [2.45, 2.75) is 26.7 Å². The number of nitrogens with zero attached hydrogens (tertiary/aromatic N) is 2. The lowest BCUT2D eigenvalue weighted by molar-refractivity contribution is 0.0488. The molecule has 0 aromatic carbocycles. The Hall–Kier alpha value is -1.26. The van der Waals surface area contributed by atoms with Crippen molar-refractivity contribution in [3.63, 3.8) is 0 Å². The molecule has 0 amide bonds. The van der Waals surface area contributed by atoms with Crippen LogP contribution in [0.15, 0.2) is 4.99 Å². The topological polar surface area (TPSA) is 91.5 Å². The van der Waals surface area contributed by atoms with Gasteiger partial charge in [0.15, 0.2) is 5.96 Å². The zero-order chi connectivity index (χ0) is 10.8. The summed E-state index contributed by atoms with van der Waals surface area (Å²) in [5.74, 6) is 0.142. The lowest BCUT2D eigenvalue weighted by Gasteiger charge is -2.49. The molecule has 0 aromatic rings. The van der Waals surface area contributed by atoms with Gasteiger partial charge in [0, 0.05) is 18.5 Å². The first-order valence-corrected chi connectivity index (χ1v) is 4.96. The summed E-state index contributed by atoms with van der Waals surface area (Å²) in [6.07, 6.45) is 2.30. The average Bonchev–Trinajstić information content (AvgIpc) is 2.03. The van der Waals surface area contributed by atoms with E-state index in [4.69, 9.17) is 16.9 Å². The summed E-state index contributed by atoms with van der Waals surface area (Å²) in [6, 6.07) is 0. The van der Waals surface area contributed by atoms with Gasteiger partial charge in [0.05, 0.1) is 0 Å². The highest BCUT2D eigenvalue weighted by Crippen LogP contribution is 2.36. The van der Waals surface area contributed by atoms with E-state index in [9.17, 15) is 0 Å². The zero-order valence-electron chi connectivity index (χ0n) is 8.88. The van der Waals surface area contributed by atoms with Crippen LogP contribution in [0.1, 0.15) is 26.7 Å². The van der Waals surface area contributed by atoms with E-state index in [2.05, 4.69) is 18.8 Å². The maximum atomic E-state index is 7.58.